The molecular formula is C25H32N4O3. The molecule has 3 rings (SSSR count). The van der Waals surface area contributed by atoms with Gasteiger partial charge in [-0.15, -0.1) is 20.5 Å². The molecule has 0 saturated carbocycles. The van der Waals surface area contributed by atoms with Crippen molar-refractivity contribution in [3.05, 3.63) is 60.2 Å². The fraction of sp³-hybridized carbons (Fsp3) is 0.400. The highest BCUT2D eigenvalue weighted by Gasteiger charge is 2.30. The summed E-state index contributed by atoms with van der Waals surface area (Å²) in [6, 6.07) is 11.0. The minimum atomic E-state index is -0.597. The molecule has 0 aliphatic rings. The SMILES string of the molecule is C=CC(=O)ONC(C)c1cc(C(C)(C)CC(C)(C)C)cc(-n2nc3ccccc3n2)c1O. The molecule has 7 heteroatoms. The smallest absolute Gasteiger partial charge is 0.348 e. The molecule has 1 heterocycles. The Bertz CT molecular complexity index is 1110. The van der Waals surface area contributed by atoms with E-state index in [-0.39, 0.29) is 16.6 Å². The summed E-state index contributed by atoms with van der Waals surface area (Å²) < 4.78 is 0. The molecule has 7 nitrogen and oxygen atoms in total. The van der Waals surface area contributed by atoms with Crippen molar-refractivity contribution in [1.82, 2.24) is 20.5 Å². The Labute approximate surface area is 189 Å². The Morgan fingerprint density at radius 3 is 2.31 bits per heavy atom. The molecule has 3 aromatic rings. The molecule has 0 aliphatic heterocycles. The van der Waals surface area contributed by atoms with Crippen molar-refractivity contribution in [1.29, 1.82) is 0 Å². The first-order valence-electron chi connectivity index (χ1n) is 10.7. The topological polar surface area (TPSA) is 89.3 Å². The second kappa shape index (κ2) is 8.74. The number of hydrogen-bond acceptors (Lipinski definition) is 6. The average Bonchev–Trinajstić information content (AvgIpc) is 3.13. The van der Waals surface area contributed by atoms with Gasteiger partial charge in [-0.2, -0.15) is 0 Å². The molecule has 2 N–H and O–H groups in total. The normalized spacial score (nSPS) is 13.2. The minimum absolute atomic E-state index is 0.0234. The Morgan fingerprint density at radius 1 is 1.19 bits per heavy atom. The molecular weight excluding hydrogens is 404 g/mol. The Morgan fingerprint density at radius 2 is 1.78 bits per heavy atom. The van der Waals surface area contributed by atoms with Crippen LogP contribution in [-0.4, -0.2) is 26.1 Å². The van der Waals surface area contributed by atoms with Crippen LogP contribution in [0.1, 0.15) is 65.1 Å². The van der Waals surface area contributed by atoms with Gasteiger partial charge in [0.25, 0.3) is 0 Å². The molecule has 0 spiro atoms. The maximum absolute atomic E-state index is 11.5. The lowest BCUT2D eigenvalue weighted by molar-refractivity contribution is -0.146. The lowest BCUT2D eigenvalue weighted by Crippen LogP contribution is -2.27. The fourth-order valence-electron chi connectivity index (χ4n) is 4.16. The number of phenolic OH excluding ortho intramolecular Hbond substituents is 1. The number of benzene rings is 2. The van der Waals surface area contributed by atoms with Crippen LogP contribution in [0, 0.1) is 5.41 Å². The third-order valence-corrected chi connectivity index (χ3v) is 5.34. The van der Waals surface area contributed by atoms with Crippen LogP contribution in [0.15, 0.2) is 49.1 Å². The molecule has 170 valence electrons. The largest absolute Gasteiger partial charge is 0.505 e. The van der Waals surface area contributed by atoms with Gasteiger partial charge in [0.1, 0.15) is 22.5 Å². The van der Waals surface area contributed by atoms with E-state index < -0.39 is 12.0 Å². The first-order chi connectivity index (χ1) is 14.9. The molecule has 32 heavy (non-hydrogen) atoms. The van der Waals surface area contributed by atoms with Crippen LogP contribution in [0.5, 0.6) is 5.75 Å². The molecule has 1 atom stereocenters. The van der Waals surface area contributed by atoms with E-state index in [1.807, 2.05) is 43.3 Å². The lowest BCUT2D eigenvalue weighted by atomic mass is 9.72. The monoisotopic (exact) mass is 436 g/mol. The van der Waals surface area contributed by atoms with E-state index in [0.29, 0.717) is 11.3 Å². The van der Waals surface area contributed by atoms with Crippen molar-refractivity contribution in [3.8, 4) is 11.4 Å². The van der Waals surface area contributed by atoms with Gasteiger partial charge in [-0.1, -0.05) is 53.3 Å². The van der Waals surface area contributed by atoms with Crippen molar-refractivity contribution in [2.24, 2.45) is 5.41 Å². The van der Waals surface area contributed by atoms with E-state index in [2.05, 4.69) is 56.9 Å². The number of phenols is 1. The molecule has 0 radical (unpaired) electrons. The number of aromatic hydroxyl groups is 1. The van der Waals surface area contributed by atoms with E-state index >= 15 is 0 Å². The summed E-state index contributed by atoms with van der Waals surface area (Å²) in [6.07, 6.45) is 2.00. The molecule has 0 amide bonds. The van der Waals surface area contributed by atoms with Crippen LogP contribution in [0.3, 0.4) is 0 Å². The van der Waals surface area contributed by atoms with Gasteiger partial charge in [0.2, 0.25) is 0 Å². The highest BCUT2D eigenvalue weighted by atomic mass is 16.7. The molecule has 0 bridgehead atoms. The zero-order valence-corrected chi connectivity index (χ0v) is 19.6. The summed E-state index contributed by atoms with van der Waals surface area (Å²) in [7, 11) is 0. The number of rotatable bonds is 7. The summed E-state index contributed by atoms with van der Waals surface area (Å²) in [5, 5.41) is 20.3. The maximum atomic E-state index is 11.5. The average molecular weight is 437 g/mol. The summed E-state index contributed by atoms with van der Waals surface area (Å²) in [5.41, 5.74) is 6.15. The van der Waals surface area contributed by atoms with Gasteiger partial charge >= 0.3 is 5.97 Å². The van der Waals surface area contributed by atoms with Crippen LogP contribution in [0.25, 0.3) is 16.7 Å². The molecule has 1 aromatic heterocycles. The number of carbonyl (C=O) groups excluding carboxylic acids is 1. The number of nitrogens with zero attached hydrogens (tertiary/aromatic N) is 3. The van der Waals surface area contributed by atoms with E-state index in [0.717, 1.165) is 29.1 Å². The van der Waals surface area contributed by atoms with Crippen LogP contribution < -0.4 is 5.48 Å². The number of hydrogen-bond donors (Lipinski definition) is 2. The predicted octanol–water partition coefficient (Wildman–Crippen LogP) is 5.13. The molecule has 0 fully saturated rings. The summed E-state index contributed by atoms with van der Waals surface area (Å²) in [5.74, 6) is -0.573. The van der Waals surface area contributed by atoms with Crippen molar-refractivity contribution < 1.29 is 14.7 Å². The minimum Gasteiger partial charge on any atom is -0.505 e. The number of carbonyl (C=O) groups is 1. The highest BCUT2D eigenvalue weighted by Crippen LogP contribution is 2.41. The summed E-state index contributed by atoms with van der Waals surface area (Å²) in [4.78, 5) is 18.0. The van der Waals surface area contributed by atoms with E-state index in [1.54, 1.807) is 0 Å². The zero-order valence-electron chi connectivity index (χ0n) is 19.6. The first-order valence-corrected chi connectivity index (χ1v) is 10.7. The molecule has 1 unspecified atom stereocenters. The van der Waals surface area contributed by atoms with Gasteiger partial charge in [-0.3, -0.25) is 0 Å². The van der Waals surface area contributed by atoms with Gasteiger partial charge in [0, 0.05) is 11.6 Å². The van der Waals surface area contributed by atoms with Gasteiger partial charge in [0.15, 0.2) is 0 Å². The highest BCUT2D eigenvalue weighted by molar-refractivity contribution is 5.80. The number of nitrogens with one attached hydrogen (secondary N) is 1. The van der Waals surface area contributed by atoms with Gasteiger partial charge in [-0.05, 0) is 54.0 Å². The van der Waals surface area contributed by atoms with E-state index in [9.17, 15) is 9.90 Å². The van der Waals surface area contributed by atoms with E-state index in [1.165, 1.54) is 4.80 Å². The fourth-order valence-corrected chi connectivity index (χ4v) is 4.16. The summed E-state index contributed by atoms with van der Waals surface area (Å²) in [6.45, 7) is 16.2. The second-order valence-electron chi connectivity index (χ2n) is 10.00. The first kappa shape index (κ1) is 23.5. The van der Waals surface area contributed by atoms with Crippen molar-refractivity contribution in [3.63, 3.8) is 0 Å². The quantitative estimate of drug-likeness (QED) is 0.394. The lowest BCUT2D eigenvalue weighted by Gasteiger charge is -2.34. The Balaban J connectivity index is 2.14. The molecule has 0 saturated heterocycles. The van der Waals surface area contributed by atoms with Crippen molar-refractivity contribution in [2.75, 3.05) is 0 Å². The molecule has 2 aromatic carbocycles. The van der Waals surface area contributed by atoms with Crippen molar-refractivity contribution in [2.45, 2.75) is 59.4 Å². The van der Waals surface area contributed by atoms with Gasteiger partial charge in [-0.25, -0.2) is 4.79 Å². The van der Waals surface area contributed by atoms with Gasteiger partial charge < -0.3 is 9.94 Å². The van der Waals surface area contributed by atoms with Crippen LogP contribution in [0.4, 0.5) is 0 Å². The second-order valence-corrected chi connectivity index (χ2v) is 10.00. The standard InChI is InChI=1S/C25H32N4O3/c1-8-22(30)32-28-16(2)18-13-17(25(6,7)15-24(3,4)5)14-21(23(18)31)29-26-19-11-9-10-12-20(19)27-29/h8-14,16,28,31H,1,15H2,2-7H3. The number of aromatic nitrogens is 3. The maximum Gasteiger partial charge on any atom is 0.348 e. The zero-order chi connectivity index (χ0) is 23.7. The third kappa shape index (κ3) is 5.16. The molecule has 0 aliphatic carbocycles. The number of hydroxylamine groups is 1. The number of fused-ring (bicyclic) bond motifs is 1. The van der Waals surface area contributed by atoms with Crippen molar-refractivity contribution >= 4 is 17.0 Å². The van der Waals surface area contributed by atoms with Crippen LogP contribution in [-0.2, 0) is 15.0 Å². The van der Waals surface area contributed by atoms with E-state index in [4.69, 9.17) is 4.84 Å². The Kier molecular flexibility index (Phi) is 6.41. The Hall–Kier alpha value is -3.19. The van der Waals surface area contributed by atoms with Crippen LogP contribution >= 0.6 is 0 Å². The summed E-state index contributed by atoms with van der Waals surface area (Å²) >= 11 is 0. The predicted molar refractivity (Wildman–Crippen MR) is 125 cm³/mol. The third-order valence-electron chi connectivity index (χ3n) is 5.34. The van der Waals surface area contributed by atoms with Crippen LogP contribution in [0.2, 0.25) is 0 Å². The van der Waals surface area contributed by atoms with Gasteiger partial charge in [0.05, 0.1) is 6.04 Å².